The molecule has 2 aromatic rings. The van der Waals surface area contributed by atoms with Crippen LogP contribution in [0.15, 0.2) is 54.6 Å². The largest absolute Gasteiger partial charge is 0 e. The molecule has 0 spiro atoms. The summed E-state index contributed by atoms with van der Waals surface area (Å²) in [6.45, 7) is 17.2. The van der Waals surface area contributed by atoms with E-state index in [2.05, 4.69) is 31.8 Å². The van der Waals surface area contributed by atoms with Gasteiger partial charge < -0.3 is 9.47 Å². The molecule has 0 aliphatic rings. The Bertz CT molecular complexity index is 875. The Balaban J connectivity index is -0.00000103. The molecule has 31 heavy (non-hydrogen) atoms. The van der Waals surface area contributed by atoms with Crippen molar-refractivity contribution in [2.24, 2.45) is 5.41 Å². The number of methoxy groups -OCH3 is 2. The molecule has 0 bridgehead atoms. The van der Waals surface area contributed by atoms with E-state index in [1.807, 2.05) is 68.4 Å². The molecule has 0 unspecified atom stereocenters. The van der Waals surface area contributed by atoms with Crippen LogP contribution < -0.4 is 4.74 Å². The third kappa shape index (κ3) is 10.1. The Labute approximate surface area is 194 Å². The average molecular weight is 458 g/mol. The summed E-state index contributed by atoms with van der Waals surface area (Å²) >= 11 is 0. The molecule has 0 fully saturated rings. The van der Waals surface area contributed by atoms with Gasteiger partial charge in [-0.25, -0.2) is 0 Å². The minimum Gasteiger partial charge on any atom is 0 e. The molecule has 1 atom stereocenters. The van der Waals surface area contributed by atoms with Crippen molar-refractivity contribution in [3.63, 3.8) is 0 Å². The van der Waals surface area contributed by atoms with E-state index in [0.29, 0.717) is 5.75 Å². The predicted octanol–water partition coefficient (Wildman–Crippen LogP) is 3.91. The zero-order valence-electron chi connectivity index (χ0n) is 17.6. The smallest absolute Gasteiger partial charge is 0 e. The summed E-state index contributed by atoms with van der Waals surface area (Å²) in [5, 5.41) is 0. The van der Waals surface area contributed by atoms with Gasteiger partial charge in [-0.15, -0.1) is 0 Å². The predicted molar refractivity (Wildman–Crippen MR) is 107 cm³/mol. The van der Waals surface area contributed by atoms with Crippen molar-refractivity contribution >= 4 is 5.97 Å². The second kappa shape index (κ2) is 19.0. The molecular weight excluding hydrogens is 436 g/mol. The fraction of sp³-hybridized carbons (Fsp3) is 0.250. The molecule has 0 aliphatic carbocycles. The van der Waals surface area contributed by atoms with Crippen LogP contribution in [-0.2, 0) is 40.8 Å². The Morgan fingerprint density at radius 1 is 0.903 bits per heavy atom. The third-order valence-electron chi connectivity index (χ3n) is 4.02. The van der Waals surface area contributed by atoms with Gasteiger partial charge in [0.25, 0.3) is 0 Å². The van der Waals surface area contributed by atoms with Crippen molar-refractivity contribution in [2.75, 3.05) is 14.2 Å². The van der Waals surface area contributed by atoms with Crippen LogP contribution >= 0.6 is 0 Å². The van der Waals surface area contributed by atoms with Crippen molar-refractivity contribution < 1.29 is 45.6 Å². The second-order valence-electron chi connectivity index (χ2n) is 6.02. The zero-order chi connectivity index (χ0) is 23.6. The van der Waals surface area contributed by atoms with Gasteiger partial charge in [0, 0.05) is 28.5 Å². The fourth-order valence-electron chi connectivity index (χ4n) is 2.61. The number of carbonyl (C=O) groups is 1. The van der Waals surface area contributed by atoms with E-state index < -0.39 is 5.41 Å². The maximum atomic E-state index is 12.3. The molecule has 0 aliphatic heterocycles. The summed E-state index contributed by atoms with van der Waals surface area (Å²) in [5.74, 6) is 6.46. The van der Waals surface area contributed by atoms with Crippen molar-refractivity contribution in [2.45, 2.75) is 19.8 Å². The van der Waals surface area contributed by atoms with Gasteiger partial charge in [-0.05, 0) is 32.0 Å². The normalized spacial score (nSPS) is 9.35. The van der Waals surface area contributed by atoms with Crippen LogP contribution in [0.25, 0.3) is 0 Å². The number of rotatable bonds is 4. The molecule has 0 N–H and O–H groups in total. The van der Waals surface area contributed by atoms with E-state index in [1.165, 1.54) is 7.11 Å². The van der Waals surface area contributed by atoms with E-state index in [0.717, 1.165) is 11.1 Å². The van der Waals surface area contributed by atoms with Gasteiger partial charge in [0.15, 0.2) is 0 Å². The first-order valence-electron chi connectivity index (χ1n) is 8.40. The van der Waals surface area contributed by atoms with E-state index in [-0.39, 0.29) is 29.2 Å². The number of benzene rings is 2. The van der Waals surface area contributed by atoms with Gasteiger partial charge in [-0.3, -0.25) is 4.79 Å². The number of carbonyl (C=O) groups excluding carboxylic acids is 1. The van der Waals surface area contributed by atoms with Crippen molar-refractivity contribution in [1.82, 2.24) is 0 Å². The van der Waals surface area contributed by atoms with E-state index >= 15 is 0 Å². The minimum absolute atomic E-state index is 0. The van der Waals surface area contributed by atoms with E-state index in [9.17, 15) is 4.79 Å². The number of esters is 1. The molecule has 160 valence electrons. The van der Waals surface area contributed by atoms with Crippen LogP contribution in [0.1, 0.15) is 30.9 Å². The Morgan fingerprint density at radius 2 is 1.39 bits per heavy atom. The van der Waals surface area contributed by atoms with E-state index in [1.54, 1.807) is 7.11 Å². The summed E-state index contributed by atoms with van der Waals surface area (Å²) in [4.78, 5) is 12.3. The maximum Gasteiger partial charge on any atom is 0 e. The van der Waals surface area contributed by atoms with Crippen molar-refractivity contribution in [3.05, 3.63) is 85.7 Å². The molecule has 2 rings (SSSR count). The van der Waals surface area contributed by atoms with Crippen LogP contribution in [0.3, 0.4) is 0 Å². The summed E-state index contributed by atoms with van der Waals surface area (Å²) in [6, 6.07) is 17.3. The SMILES string of the molecule is COC(=O)C(C)(C)[C@@H](C#Cc1ccccc1)c1ccccc1OC.[C-]#[O+].[C-]#[O+].[C-]#[O+].[Cr]. The fourth-order valence-corrected chi connectivity index (χ4v) is 2.61. The molecule has 0 heterocycles. The van der Waals surface area contributed by atoms with Crippen LogP contribution in [0.2, 0.25) is 0 Å². The summed E-state index contributed by atoms with van der Waals surface area (Å²) < 4.78 is 33.0. The van der Waals surface area contributed by atoms with Crippen molar-refractivity contribution in [3.8, 4) is 17.6 Å². The molecule has 0 aromatic heterocycles. The third-order valence-corrected chi connectivity index (χ3v) is 4.02. The Kier molecular flexibility index (Phi) is 20.0. The summed E-state index contributed by atoms with van der Waals surface area (Å²) in [6.07, 6.45) is 0. The molecule has 7 heteroatoms. The topological polar surface area (TPSA) is 95.2 Å². The summed E-state index contributed by atoms with van der Waals surface area (Å²) in [5.41, 5.74) is 0.961. The van der Waals surface area contributed by atoms with Crippen LogP contribution in [0, 0.1) is 37.2 Å². The van der Waals surface area contributed by atoms with Gasteiger partial charge in [0.1, 0.15) is 5.75 Å². The Hall–Kier alpha value is -2.98. The standard InChI is InChI=1S/C21H22O3.3CO.Cr/c1-21(2,20(22)24-4)18(15-14-16-10-6-5-7-11-16)17-12-8-9-13-19(17)23-3;3*1-2;/h5-13,18H,1-4H3;;;;/t18-;;;;/m0..../s1. The number of ether oxygens (including phenoxy) is 2. The maximum absolute atomic E-state index is 12.3. The van der Waals surface area contributed by atoms with Gasteiger partial charge in [-0.1, -0.05) is 48.2 Å². The first kappa shape index (κ1) is 32.7. The molecule has 0 saturated heterocycles. The molecular formula is C24H22CrO6. The van der Waals surface area contributed by atoms with Gasteiger partial charge in [0.05, 0.1) is 25.6 Å². The first-order chi connectivity index (χ1) is 14.5. The zero-order valence-corrected chi connectivity index (χ0v) is 18.9. The molecule has 6 nitrogen and oxygen atoms in total. The van der Waals surface area contributed by atoms with Gasteiger partial charge in [0.2, 0.25) is 0 Å². The number of hydrogen-bond donors (Lipinski definition) is 0. The first-order valence-corrected chi connectivity index (χ1v) is 8.40. The summed E-state index contributed by atoms with van der Waals surface area (Å²) in [7, 11) is 3.01. The van der Waals surface area contributed by atoms with Crippen LogP contribution in [-0.4, -0.2) is 20.2 Å². The second-order valence-corrected chi connectivity index (χ2v) is 6.02. The Morgan fingerprint density at radius 3 is 1.87 bits per heavy atom. The molecule has 0 saturated carbocycles. The van der Waals surface area contributed by atoms with Crippen molar-refractivity contribution in [1.29, 1.82) is 0 Å². The number of hydrogen-bond acceptors (Lipinski definition) is 3. The molecule has 0 amide bonds. The van der Waals surface area contributed by atoms with Crippen LogP contribution in [0.5, 0.6) is 5.75 Å². The van der Waals surface area contributed by atoms with E-state index in [4.69, 9.17) is 23.4 Å². The molecule has 0 radical (unpaired) electrons. The minimum atomic E-state index is -0.814. The van der Waals surface area contributed by atoms with Gasteiger partial charge in [-0.2, -0.15) is 0 Å². The average Bonchev–Trinajstić information content (AvgIpc) is 2.83. The van der Waals surface area contributed by atoms with Gasteiger partial charge >= 0.3 is 39.9 Å². The quantitative estimate of drug-likeness (QED) is 0.301. The number of para-hydroxylation sites is 1. The van der Waals surface area contributed by atoms with Crippen LogP contribution in [0.4, 0.5) is 0 Å². The molecule has 2 aromatic carbocycles. The monoisotopic (exact) mass is 458 g/mol.